The standard InChI is InChI=1S/C11H19NO4S/c1-11(2,10(14)15)7-9(13)12-8-3-5-17(16)6-4-8/h8H,3-7H2,1-2H3,(H,12,13)(H,14,15). The lowest BCUT2D eigenvalue weighted by atomic mass is 9.89. The SMILES string of the molecule is CC(C)(CC(=O)NC1CCS(=O)CC1)C(=O)O. The lowest BCUT2D eigenvalue weighted by Gasteiger charge is -2.25. The summed E-state index contributed by atoms with van der Waals surface area (Å²) in [5.41, 5.74) is -1.04. The van der Waals surface area contributed by atoms with Crippen LogP contribution < -0.4 is 5.32 Å². The number of carbonyl (C=O) groups is 2. The van der Waals surface area contributed by atoms with Gasteiger partial charge in [0, 0.05) is 34.8 Å². The van der Waals surface area contributed by atoms with Gasteiger partial charge in [-0.15, -0.1) is 0 Å². The first-order valence-corrected chi connectivity index (χ1v) is 7.18. The van der Waals surface area contributed by atoms with Crippen LogP contribution in [0.15, 0.2) is 0 Å². The first-order chi connectivity index (χ1) is 7.81. The van der Waals surface area contributed by atoms with Crippen LogP contribution in [0.25, 0.3) is 0 Å². The third-order valence-corrected chi connectivity index (χ3v) is 4.32. The van der Waals surface area contributed by atoms with Gasteiger partial charge in [-0.3, -0.25) is 13.8 Å². The normalized spacial score (nSPS) is 25.3. The molecule has 0 aromatic rings. The highest BCUT2D eigenvalue weighted by Gasteiger charge is 2.31. The summed E-state index contributed by atoms with van der Waals surface area (Å²) >= 11 is 0. The van der Waals surface area contributed by atoms with E-state index in [0.29, 0.717) is 24.3 Å². The highest BCUT2D eigenvalue weighted by Crippen LogP contribution is 2.20. The summed E-state index contributed by atoms with van der Waals surface area (Å²) in [5, 5.41) is 11.7. The summed E-state index contributed by atoms with van der Waals surface area (Å²) < 4.78 is 11.1. The Labute approximate surface area is 103 Å². The van der Waals surface area contributed by atoms with E-state index in [9.17, 15) is 13.8 Å². The number of amides is 1. The molecule has 1 fully saturated rings. The van der Waals surface area contributed by atoms with Crippen LogP contribution in [-0.2, 0) is 20.4 Å². The zero-order valence-electron chi connectivity index (χ0n) is 10.2. The number of hydrogen-bond donors (Lipinski definition) is 2. The number of carbonyl (C=O) groups excluding carboxylic acids is 1. The van der Waals surface area contributed by atoms with Crippen molar-refractivity contribution >= 4 is 22.7 Å². The number of carboxylic acid groups (broad SMARTS) is 1. The molecule has 0 atom stereocenters. The van der Waals surface area contributed by atoms with Crippen molar-refractivity contribution in [2.45, 2.75) is 39.2 Å². The van der Waals surface area contributed by atoms with Gasteiger partial charge in [0.2, 0.25) is 5.91 Å². The van der Waals surface area contributed by atoms with Crippen molar-refractivity contribution in [3.05, 3.63) is 0 Å². The number of hydrogen-bond acceptors (Lipinski definition) is 3. The second kappa shape index (κ2) is 5.62. The monoisotopic (exact) mass is 261 g/mol. The molecule has 1 rings (SSSR count). The van der Waals surface area contributed by atoms with Crippen molar-refractivity contribution in [1.82, 2.24) is 5.32 Å². The first kappa shape index (κ1) is 14.2. The molecule has 2 N–H and O–H groups in total. The largest absolute Gasteiger partial charge is 0.481 e. The highest BCUT2D eigenvalue weighted by molar-refractivity contribution is 7.85. The Morgan fingerprint density at radius 2 is 1.88 bits per heavy atom. The van der Waals surface area contributed by atoms with Crippen LogP contribution in [0.2, 0.25) is 0 Å². The molecule has 0 aliphatic carbocycles. The van der Waals surface area contributed by atoms with Gasteiger partial charge in [-0.2, -0.15) is 0 Å². The summed E-state index contributed by atoms with van der Waals surface area (Å²) in [6.07, 6.45) is 1.40. The Morgan fingerprint density at radius 1 is 1.35 bits per heavy atom. The van der Waals surface area contributed by atoms with Crippen molar-refractivity contribution in [1.29, 1.82) is 0 Å². The molecule has 0 spiro atoms. The minimum absolute atomic E-state index is 0.0259. The van der Waals surface area contributed by atoms with Crippen LogP contribution in [0.3, 0.4) is 0 Å². The van der Waals surface area contributed by atoms with Gasteiger partial charge >= 0.3 is 5.97 Å². The molecule has 0 radical (unpaired) electrons. The number of nitrogens with one attached hydrogen (secondary N) is 1. The fourth-order valence-electron chi connectivity index (χ4n) is 1.69. The number of aliphatic carboxylic acids is 1. The molecule has 1 heterocycles. The van der Waals surface area contributed by atoms with Crippen LogP contribution in [0.4, 0.5) is 0 Å². The van der Waals surface area contributed by atoms with Crippen molar-refractivity contribution in [3.8, 4) is 0 Å². The topological polar surface area (TPSA) is 83.5 Å². The van der Waals surface area contributed by atoms with E-state index in [1.807, 2.05) is 0 Å². The van der Waals surface area contributed by atoms with Crippen molar-refractivity contribution in [2.24, 2.45) is 5.41 Å². The Morgan fingerprint density at radius 3 is 2.35 bits per heavy atom. The number of rotatable bonds is 4. The summed E-state index contributed by atoms with van der Waals surface area (Å²) in [6, 6.07) is 0.0461. The Bertz CT molecular complexity index is 330. The Kier molecular flexibility index (Phi) is 4.68. The van der Waals surface area contributed by atoms with E-state index in [1.165, 1.54) is 13.8 Å². The van der Waals surface area contributed by atoms with Gasteiger partial charge in [0.25, 0.3) is 0 Å². The van der Waals surface area contributed by atoms with E-state index < -0.39 is 22.2 Å². The lowest BCUT2D eigenvalue weighted by Crippen LogP contribution is -2.42. The molecule has 0 saturated carbocycles. The fourth-order valence-corrected chi connectivity index (χ4v) is 2.99. The van der Waals surface area contributed by atoms with Gasteiger partial charge in [0.15, 0.2) is 0 Å². The van der Waals surface area contributed by atoms with E-state index in [-0.39, 0.29) is 18.4 Å². The predicted molar refractivity (Wildman–Crippen MR) is 65.1 cm³/mol. The molecule has 0 unspecified atom stereocenters. The molecule has 6 heteroatoms. The van der Waals surface area contributed by atoms with Crippen LogP contribution >= 0.6 is 0 Å². The van der Waals surface area contributed by atoms with E-state index in [2.05, 4.69) is 5.32 Å². The molecule has 17 heavy (non-hydrogen) atoms. The molecule has 1 saturated heterocycles. The minimum Gasteiger partial charge on any atom is -0.481 e. The zero-order chi connectivity index (χ0) is 13.1. The average Bonchev–Trinajstić information content (AvgIpc) is 2.20. The summed E-state index contributed by atoms with van der Waals surface area (Å²) in [4.78, 5) is 22.5. The summed E-state index contributed by atoms with van der Waals surface area (Å²) in [5.74, 6) is 0.0214. The van der Waals surface area contributed by atoms with Gasteiger partial charge in [-0.1, -0.05) is 0 Å². The first-order valence-electron chi connectivity index (χ1n) is 5.69. The van der Waals surface area contributed by atoms with E-state index in [0.717, 1.165) is 0 Å². The Hall–Kier alpha value is -0.910. The minimum atomic E-state index is -1.04. The molecule has 0 aromatic heterocycles. The molecule has 5 nitrogen and oxygen atoms in total. The maximum Gasteiger partial charge on any atom is 0.309 e. The zero-order valence-corrected chi connectivity index (χ0v) is 11.0. The third kappa shape index (κ3) is 4.46. The summed E-state index contributed by atoms with van der Waals surface area (Å²) in [6.45, 7) is 3.07. The van der Waals surface area contributed by atoms with E-state index in [1.54, 1.807) is 0 Å². The third-order valence-electron chi connectivity index (χ3n) is 2.93. The van der Waals surface area contributed by atoms with E-state index in [4.69, 9.17) is 5.11 Å². The lowest BCUT2D eigenvalue weighted by molar-refractivity contribution is -0.149. The molecular weight excluding hydrogens is 242 g/mol. The van der Waals surface area contributed by atoms with Gasteiger partial charge < -0.3 is 10.4 Å². The molecule has 1 amide bonds. The highest BCUT2D eigenvalue weighted by atomic mass is 32.2. The van der Waals surface area contributed by atoms with Crippen molar-refractivity contribution in [2.75, 3.05) is 11.5 Å². The smallest absolute Gasteiger partial charge is 0.309 e. The van der Waals surface area contributed by atoms with Crippen LogP contribution in [-0.4, -0.2) is 38.7 Å². The Balaban J connectivity index is 2.40. The molecule has 1 aliphatic rings. The second-order valence-electron chi connectivity index (χ2n) is 5.06. The average molecular weight is 261 g/mol. The fraction of sp³-hybridized carbons (Fsp3) is 0.818. The number of carboxylic acids is 1. The van der Waals surface area contributed by atoms with Crippen LogP contribution in [0.1, 0.15) is 33.1 Å². The maximum atomic E-state index is 11.7. The molecular formula is C11H19NO4S. The van der Waals surface area contributed by atoms with Gasteiger partial charge in [0.05, 0.1) is 5.41 Å². The maximum absolute atomic E-state index is 11.7. The van der Waals surface area contributed by atoms with E-state index >= 15 is 0 Å². The second-order valence-corrected chi connectivity index (χ2v) is 6.75. The van der Waals surface area contributed by atoms with Crippen molar-refractivity contribution < 1.29 is 18.9 Å². The van der Waals surface area contributed by atoms with Crippen LogP contribution in [0, 0.1) is 5.41 Å². The molecule has 0 bridgehead atoms. The predicted octanol–water partition coefficient (Wildman–Crippen LogP) is 0.515. The molecule has 0 aromatic carbocycles. The molecule has 98 valence electrons. The molecule has 1 aliphatic heterocycles. The van der Waals surface area contributed by atoms with Crippen LogP contribution in [0.5, 0.6) is 0 Å². The quantitative estimate of drug-likeness (QED) is 0.772. The van der Waals surface area contributed by atoms with Crippen molar-refractivity contribution in [3.63, 3.8) is 0 Å². The van der Waals surface area contributed by atoms with Gasteiger partial charge in [-0.05, 0) is 26.7 Å². The van der Waals surface area contributed by atoms with Gasteiger partial charge in [0.1, 0.15) is 0 Å². The summed E-state index contributed by atoms with van der Waals surface area (Å²) in [7, 11) is -0.748. The van der Waals surface area contributed by atoms with Gasteiger partial charge in [-0.25, -0.2) is 0 Å².